The van der Waals surface area contributed by atoms with E-state index in [1.165, 1.54) is 16.7 Å². The minimum atomic E-state index is 0.000463. The molecule has 3 unspecified atom stereocenters. The number of benzene rings is 1. The van der Waals surface area contributed by atoms with Gasteiger partial charge in [-0.05, 0) is 31.9 Å². The van der Waals surface area contributed by atoms with Gasteiger partial charge in [-0.1, -0.05) is 23.8 Å². The summed E-state index contributed by atoms with van der Waals surface area (Å²) in [5, 5.41) is 0. The maximum Gasteiger partial charge on any atom is 0.126 e. The normalized spacial score (nSPS) is 29.3. The highest BCUT2D eigenvalue weighted by Crippen LogP contribution is 2.29. The number of aldehydes is 1. The monoisotopic (exact) mass is 218 g/mol. The summed E-state index contributed by atoms with van der Waals surface area (Å²) in [7, 11) is 0. The molecule has 0 aliphatic carbocycles. The van der Waals surface area contributed by atoms with E-state index >= 15 is 0 Å². The van der Waals surface area contributed by atoms with Crippen LogP contribution in [0, 0.1) is 19.8 Å². The van der Waals surface area contributed by atoms with Gasteiger partial charge in [0.25, 0.3) is 0 Å². The quantitative estimate of drug-likeness (QED) is 0.742. The predicted octanol–water partition coefficient (Wildman–Crippen LogP) is 1.66. The van der Waals surface area contributed by atoms with Crippen LogP contribution in [0.3, 0.4) is 0 Å². The second-order valence-corrected chi connectivity index (χ2v) is 4.63. The third kappa shape index (κ3) is 1.88. The molecule has 2 N–H and O–H groups in total. The zero-order valence-electron chi connectivity index (χ0n) is 9.95. The largest absolute Gasteiger partial charge is 0.303 e. The summed E-state index contributed by atoms with van der Waals surface area (Å²) in [6.07, 6.45) is 1.05. The average molecular weight is 218 g/mol. The van der Waals surface area contributed by atoms with E-state index in [4.69, 9.17) is 0 Å². The lowest BCUT2D eigenvalue weighted by Gasteiger charge is -2.18. The first-order valence-corrected chi connectivity index (χ1v) is 5.67. The first-order valence-electron chi connectivity index (χ1n) is 5.67. The second kappa shape index (κ2) is 4.36. The van der Waals surface area contributed by atoms with Crippen LogP contribution < -0.4 is 10.9 Å². The molecule has 1 fully saturated rings. The van der Waals surface area contributed by atoms with Crippen LogP contribution >= 0.6 is 0 Å². The molecule has 16 heavy (non-hydrogen) atoms. The number of hydrogen-bond donors (Lipinski definition) is 2. The first kappa shape index (κ1) is 11.3. The lowest BCUT2D eigenvalue weighted by atomic mass is 9.88. The number of rotatable bonds is 2. The highest BCUT2D eigenvalue weighted by Gasteiger charge is 2.34. The van der Waals surface area contributed by atoms with Crippen LogP contribution in [-0.2, 0) is 4.79 Å². The summed E-state index contributed by atoms with van der Waals surface area (Å²) in [5.41, 5.74) is 10.0. The Morgan fingerprint density at radius 1 is 1.25 bits per heavy atom. The maximum absolute atomic E-state index is 11.1. The fraction of sp³-hybridized carbons (Fsp3) is 0.462. The highest BCUT2D eigenvalue weighted by atomic mass is 16.1. The van der Waals surface area contributed by atoms with Crippen molar-refractivity contribution in [2.45, 2.75) is 32.9 Å². The molecule has 0 aromatic heterocycles. The van der Waals surface area contributed by atoms with Crippen LogP contribution in [0.2, 0.25) is 0 Å². The van der Waals surface area contributed by atoms with Gasteiger partial charge in [0.05, 0.1) is 12.0 Å². The predicted molar refractivity (Wildman–Crippen MR) is 63.9 cm³/mol. The molecule has 1 saturated heterocycles. The van der Waals surface area contributed by atoms with Crippen molar-refractivity contribution in [3.63, 3.8) is 0 Å². The van der Waals surface area contributed by atoms with Crippen molar-refractivity contribution >= 4 is 6.29 Å². The third-order valence-corrected chi connectivity index (χ3v) is 3.36. The van der Waals surface area contributed by atoms with E-state index in [9.17, 15) is 4.79 Å². The van der Waals surface area contributed by atoms with Gasteiger partial charge in [0.2, 0.25) is 0 Å². The van der Waals surface area contributed by atoms with E-state index in [1.807, 2.05) is 6.92 Å². The van der Waals surface area contributed by atoms with E-state index in [0.29, 0.717) is 0 Å². The van der Waals surface area contributed by atoms with Crippen molar-refractivity contribution in [1.82, 2.24) is 10.9 Å². The topological polar surface area (TPSA) is 41.1 Å². The fourth-order valence-corrected chi connectivity index (χ4v) is 2.28. The average Bonchev–Trinajstić information content (AvgIpc) is 2.63. The number of hydrazine groups is 1. The third-order valence-electron chi connectivity index (χ3n) is 3.36. The Bertz CT molecular complexity index is 403. The van der Waals surface area contributed by atoms with Crippen LogP contribution in [0.5, 0.6) is 0 Å². The molecule has 0 bridgehead atoms. The van der Waals surface area contributed by atoms with Gasteiger partial charge in [-0.25, -0.2) is 5.43 Å². The van der Waals surface area contributed by atoms with Gasteiger partial charge in [-0.15, -0.1) is 0 Å². The van der Waals surface area contributed by atoms with Gasteiger partial charge < -0.3 is 4.79 Å². The Labute approximate surface area is 96.2 Å². The SMILES string of the molecule is Cc1ccc(C)c(C2NNC(C)C2C=O)c1. The van der Waals surface area contributed by atoms with Gasteiger partial charge in [0, 0.05) is 6.04 Å². The molecule has 1 aliphatic heterocycles. The lowest BCUT2D eigenvalue weighted by molar-refractivity contribution is -0.111. The molecule has 1 heterocycles. The standard InChI is InChI=1S/C13H18N2O/c1-8-4-5-9(2)11(6-8)13-12(7-16)10(3)14-15-13/h4-7,10,12-15H,1-3H3. The number of hydrogen-bond acceptors (Lipinski definition) is 3. The van der Waals surface area contributed by atoms with Crippen molar-refractivity contribution < 1.29 is 4.79 Å². The van der Waals surface area contributed by atoms with E-state index < -0.39 is 0 Å². The molecule has 0 amide bonds. The van der Waals surface area contributed by atoms with Crippen LogP contribution in [0.25, 0.3) is 0 Å². The Hall–Kier alpha value is -1.19. The number of carbonyl (C=O) groups is 1. The van der Waals surface area contributed by atoms with Crippen molar-refractivity contribution in [2.24, 2.45) is 5.92 Å². The molecule has 3 heteroatoms. The van der Waals surface area contributed by atoms with Crippen LogP contribution in [0.4, 0.5) is 0 Å². The van der Waals surface area contributed by atoms with Gasteiger partial charge in [-0.3, -0.25) is 5.43 Å². The van der Waals surface area contributed by atoms with Crippen molar-refractivity contribution in [3.8, 4) is 0 Å². The Morgan fingerprint density at radius 3 is 2.69 bits per heavy atom. The lowest BCUT2D eigenvalue weighted by Crippen LogP contribution is -2.29. The van der Waals surface area contributed by atoms with E-state index in [0.717, 1.165) is 6.29 Å². The minimum Gasteiger partial charge on any atom is -0.303 e. The van der Waals surface area contributed by atoms with Gasteiger partial charge in [-0.2, -0.15) is 0 Å². The van der Waals surface area contributed by atoms with E-state index in [1.54, 1.807) is 0 Å². The molecule has 0 saturated carbocycles. The summed E-state index contributed by atoms with van der Waals surface area (Å²) in [5.74, 6) is 0.000463. The molecule has 3 atom stereocenters. The first-order chi connectivity index (χ1) is 7.63. The van der Waals surface area contributed by atoms with Gasteiger partial charge in [0.1, 0.15) is 6.29 Å². The molecule has 1 aromatic carbocycles. The Balaban J connectivity index is 2.36. The van der Waals surface area contributed by atoms with Crippen LogP contribution in [0.15, 0.2) is 18.2 Å². The molecule has 3 nitrogen and oxygen atoms in total. The zero-order chi connectivity index (χ0) is 11.7. The van der Waals surface area contributed by atoms with Crippen molar-refractivity contribution in [1.29, 1.82) is 0 Å². The van der Waals surface area contributed by atoms with E-state index in [2.05, 4.69) is 42.9 Å². The fourth-order valence-electron chi connectivity index (χ4n) is 2.28. The van der Waals surface area contributed by atoms with Gasteiger partial charge >= 0.3 is 0 Å². The zero-order valence-corrected chi connectivity index (χ0v) is 9.95. The summed E-state index contributed by atoms with van der Waals surface area (Å²) >= 11 is 0. The smallest absolute Gasteiger partial charge is 0.126 e. The van der Waals surface area contributed by atoms with Crippen molar-refractivity contribution in [3.05, 3.63) is 34.9 Å². The molecule has 0 spiro atoms. The van der Waals surface area contributed by atoms with Gasteiger partial charge in [0.15, 0.2) is 0 Å². The second-order valence-electron chi connectivity index (χ2n) is 4.63. The Morgan fingerprint density at radius 2 is 2.00 bits per heavy atom. The summed E-state index contributed by atoms with van der Waals surface area (Å²) in [6, 6.07) is 6.64. The number of carbonyl (C=O) groups excluding carboxylic acids is 1. The molecule has 1 aromatic rings. The number of aryl methyl sites for hydroxylation is 2. The molecular weight excluding hydrogens is 200 g/mol. The molecule has 0 radical (unpaired) electrons. The highest BCUT2D eigenvalue weighted by molar-refractivity contribution is 5.58. The Kier molecular flexibility index (Phi) is 3.08. The van der Waals surface area contributed by atoms with Crippen molar-refractivity contribution in [2.75, 3.05) is 0 Å². The summed E-state index contributed by atoms with van der Waals surface area (Å²) < 4.78 is 0. The van der Waals surface area contributed by atoms with E-state index in [-0.39, 0.29) is 18.0 Å². The molecule has 1 aliphatic rings. The number of nitrogens with one attached hydrogen (secondary N) is 2. The molecular formula is C13H18N2O. The minimum absolute atomic E-state index is 0.000463. The molecule has 2 rings (SSSR count). The molecule has 86 valence electrons. The van der Waals surface area contributed by atoms with Crippen LogP contribution in [-0.4, -0.2) is 12.3 Å². The summed E-state index contributed by atoms with van der Waals surface area (Å²) in [4.78, 5) is 11.1. The maximum atomic E-state index is 11.1. The van der Waals surface area contributed by atoms with Crippen LogP contribution in [0.1, 0.15) is 29.7 Å². The summed E-state index contributed by atoms with van der Waals surface area (Å²) in [6.45, 7) is 6.18.